The summed E-state index contributed by atoms with van der Waals surface area (Å²) < 4.78 is 1.27. The third-order valence-electron chi connectivity index (χ3n) is 5.44. The van der Waals surface area contributed by atoms with E-state index in [1.54, 1.807) is 0 Å². The van der Waals surface area contributed by atoms with Gasteiger partial charge in [-0.1, -0.05) is 116 Å². The van der Waals surface area contributed by atoms with E-state index in [0.29, 0.717) is 0 Å². The molecule has 0 saturated heterocycles. The lowest BCUT2D eigenvalue weighted by atomic mass is 10.0. The van der Waals surface area contributed by atoms with E-state index in [1.165, 1.54) is 131 Å². The zero-order valence-corrected chi connectivity index (χ0v) is 19.8. The lowest BCUT2D eigenvalue weighted by Crippen LogP contribution is -1.85. The molecule has 1 aromatic heterocycles. The smallest absolute Gasteiger partial charge is 0.0701 e. The van der Waals surface area contributed by atoms with Crippen molar-refractivity contribution < 1.29 is 0 Å². The average molecular weight is 444 g/mol. The van der Waals surface area contributed by atoms with Crippen LogP contribution in [0.25, 0.3) is 0 Å². The Balaban J connectivity index is 1.68. The predicted molar refractivity (Wildman–Crippen MR) is 125 cm³/mol. The number of rotatable bonds is 19. The summed E-state index contributed by atoms with van der Waals surface area (Å²) in [5.74, 6) is 0. The van der Waals surface area contributed by atoms with Gasteiger partial charge in [0.25, 0.3) is 0 Å². The second-order valence-corrected chi connectivity index (χ2v) is 10.3. The van der Waals surface area contributed by atoms with Crippen LogP contribution in [0, 0.1) is 0 Å². The van der Waals surface area contributed by atoms with Gasteiger partial charge < -0.3 is 0 Å². The number of aryl methyl sites for hydroxylation is 1. The van der Waals surface area contributed by atoms with Gasteiger partial charge >= 0.3 is 0 Å². The highest BCUT2D eigenvalue weighted by molar-refractivity contribution is 9.11. The third kappa shape index (κ3) is 15.3. The standard InChI is InChI=1S/C24H43BrS/c1-2-3-4-5-6-7-8-9-10-11-12-13-14-15-16-17-18-19-20-23-21-24(25)26-22-23/h21-22H,2-20H2,1H3. The van der Waals surface area contributed by atoms with Crippen LogP contribution in [-0.4, -0.2) is 0 Å². The molecule has 2 heteroatoms. The molecule has 0 aliphatic rings. The monoisotopic (exact) mass is 442 g/mol. The molecule has 1 rings (SSSR count). The van der Waals surface area contributed by atoms with Crippen molar-refractivity contribution in [3.05, 3.63) is 20.8 Å². The van der Waals surface area contributed by atoms with E-state index >= 15 is 0 Å². The zero-order valence-electron chi connectivity index (χ0n) is 17.4. The van der Waals surface area contributed by atoms with Crippen LogP contribution < -0.4 is 0 Å². The van der Waals surface area contributed by atoms with Crippen molar-refractivity contribution in [1.29, 1.82) is 0 Å². The topological polar surface area (TPSA) is 0 Å². The van der Waals surface area contributed by atoms with Gasteiger partial charge in [0.15, 0.2) is 0 Å². The maximum absolute atomic E-state index is 3.55. The Bertz CT molecular complexity index is 399. The van der Waals surface area contributed by atoms with Gasteiger partial charge in [0.05, 0.1) is 3.79 Å². The molecule has 0 aliphatic heterocycles. The van der Waals surface area contributed by atoms with Crippen LogP contribution in [0.4, 0.5) is 0 Å². The molecule has 1 heterocycles. The fourth-order valence-electron chi connectivity index (χ4n) is 3.71. The number of hydrogen-bond acceptors (Lipinski definition) is 1. The van der Waals surface area contributed by atoms with Crippen LogP contribution in [0.3, 0.4) is 0 Å². The van der Waals surface area contributed by atoms with Crippen LogP contribution in [0.5, 0.6) is 0 Å². The molecular weight excluding hydrogens is 400 g/mol. The van der Waals surface area contributed by atoms with E-state index in [1.807, 2.05) is 11.3 Å². The fraction of sp³-hybridized carbons (Fsp3) is 0.833. The molecule has 0 fully saturated rings. The number of hydrogen-bond donors (Lipinski definition) is 0. The van der Waals surface area contributed by atoms with Crippen LogP contribution >= 0.6 is 27.3 Å². The molecule has 0 aliphatic carbocycles. The van der Waals surface area contributed by atoms with Gasteiger partial charge in [0.2, 0.25) is 0 Å². The predicted octanol–water partition coefficient (Wildman–Crippen LogP) is 10.1. The lowest BCUT2D eigenvalue weighted by molar-refractivity contribution is 0.525. The summed E-state index contributed by atoms with van der Waals surface area (Å²) in [7, 11) is 0. The molecule has 152 valence electrons. The van der Waals surface area contributed by atoms with E-state index in [4.69, 9.17) is 0 Å². The zero-order chi connectivity index (χ0) is 18.7. The minimum absolute atomic E-state index is 1.26. The van der Waals surface area contributed by atoms with Crippen molar-refractivity contribution in [3.8, 4) is 0 Å². The van der Waals surface area contributed by atoms with Crippen molar-refractivity contribution in [2.45, 2.75) is 129 Å². The number of thiophene rings is 1. The lowest BCUT2D eigenvalue weighted by Gasteiger charge is -2.04. The van der Waals surface area contributed by atoms with Gasteiger partial charge in [0.1, 0.15) is 0 Å². The maximum atomic E-state index is 3.55. The molecule has 0 atom stereocenters. The van der Waals surface area contributed by atoms with E-state index in [9.17, 15) is 0 Å². The molecule has 0 N–H and O–H groups in total. The molecular formula is C24H43BrS. The van der Waals surface area contributed by atoms with Crippen molar-refractivity contribution >= 4 is 27.3 Å². The second-order valence-electron chi connectivity index (χ2n) is 8.02. The summed E-state index contributed by atoms with van der Waals surface area (Å²) >= 11 is 5.36. The molecule has 26 heavy (non-hydrogen) atoms. The highest BCUT2D eigenvalue weighted by atomic mass is 79.9. The van der Waals surface area contributed by atoms with Crippen molar-refractivity contribution in [1.82, 2.24) is 0 Å². The van der Waals surface area contributed by atoms with Gasteiger partial charge in [-0.05, 0) is 45.8 Å². The largest absolute Gasteiger partial charge is 0.137 e. The Hall–Kier alpha value is 0.180. The van der Waals surface area contributed by atoms with Crippen LogP contribution in [0.2, 0.25) is 0 Å². The molecule has 0 amide bonds. The first-order chi connectivity index (χ1) is 12.8. The first-order valence-electron chi connectivity index (χ1n) is 11.6. The average Bonchev–Trinajstić information content (AvgIpc) is 3.06. The quantitative estimate of drug-likeness (QED) is 0.187. The second kappa shape index (κ2) is 18.5. The minimum atomic E-state index is 1.26. The minimum Gasteiger partial charge on any atom is -0.137 e. The van der Waals surface area contributed by atoms with Gasteiger partial charge in [-0.3, -0.25) is 0 Å². The molecule has 0 spiro atoms. The normalized spacial score (nSPS) is 11.3. The summed E-state index contributed by atoms with van der Waals surface area (Å²) in [4.78, 5) is 0. The molecule has 0 nitrogen and oxygen atoms in total. The molecule has 0 radical (unpaired) electrons. The summed E-state index contributed by atoms with van der Waals surface area (Å²) in [6.07, 6.45) is 27.4. The Morgan fingerprint density at radius 1 is 0.615 bits per heavy atom. The van der Waals surface area contributed by atoms with Crippen molar-refractivity contribution in [2.24, 2.45) is 0 Å². The summed E-state index contributed by atoms with van der Waals surface area (Å²) in [6.45, 7) is 2.30. The van der Waals surface area contributed by atoms with E-state index in [-0.39, 0.29) is 0 Å². The van der Waals surface area contributed by atoms with Gasteiger partial charge in [-0.2, -0.15) is 0 Å². The highest BCUT2D eigenvalue weighted by Crippen LogP contribution is 2.22. The van der Waals surface area contributed by atoms with Crippen LogP contribution in [0.15, 0.2) is 15.2 Å². The third-order valence-corrected chi connectivity index (χ3v) is 6.99. The van der Waals surface area contributed by atoms with E-state index < -0.39 is 0 Å². The van der Waals surface area contributed by atoms with E-state index in [0.717, 1.165) is 0 Å². The Labute approximate surface area is 176 Å². The van der Waals surface area contributed by atoms with Gasteiger partial charge in [0, 0.05) is 0 Å². The first kappa shape index (κ1) is 24.2. The molecule has 0 bridgehead atoms. The van der Waals surface area contributed by atoms with Crippen LogP contribution in [-0.2, 0) is 6.42 Å². The maximum Gasteiger partial charge on any atom is 0.0701 e. The highest BCUT2D eigenvalue weighted by Gasteiger charge is 1.98. The van der Waals surface area contributed by atoms with Crippen molar-refractivity contribution in [3.63, 3.8) is 0 Å². The van der Waals surface area contributed by atoms with E-state index in [2.05, 4.69) is 34.3 Å². The summed E-state index contributed by atoms with van der Waals surface area (Å²) in [5, 5.41) is 2.29. The Kier molecular flexibility index (Phi) is 17.3. The Morgan fingerprint density at radius 3 is 1.35 bits per heavy atom. The molecule has 0 unspecified atom stereocenters. The van der Waals surface area contributed by atoms with Crippen molar-refractivity contribution in [2.75, 3.05) is 0 Å². The fourth-order valence-corrected chi connectivity index (χ4v) is 4.95. The van der Waals surface area contributed by atoms with Gasteiger partial charge in [-0.15, -0.1) is 11.3 Å². The molecule has 1 aromatic rings. The SMILES string of the molecule is CCCCCCCCCCCCCCCCCCCCc1csc(Br)c1. The summed E-state index contributed by atoms with van der Waals surface area (Å²) in [6, 6.07) is 2.28. The Morgan fingerprint density at radius 2 is 1.00 bits per heavy atom. The molecule has 0 saturated carbocycles. The number of halogens is 1. The first-order valence-corrected chi connectivity index (χ1v) is 13.2. The molecule has 0 aromatic carbocycles. The summed E-state index contributed by atoms with van der Waals surface area (Å²) in [5.41, 5.74) is 1.51. The van der Waals surface area contributed by atoms with Gasteiger partial charge in [-0.25, -0.2) is 0 Å². The number of unbranched alkanes of at least 4 members (excludes halogenated alkanes) is 17. The van der Waals surface area contributed by atoms with Crippen LogP contribution in [0.1, 0.15) is 128 Å².